The Morgan fingerprint density at radius 1 is 0.905 bits per heavy atom. The molecule has 0 spiro atoms. The molecular formula is C14H25NO5S. The smallest absolute Gasteiger partial charge is 0.217 e. The summed E-state index contributed by atoms with van der Waals surface area (Å²) in [6.45, 7) is 2.36. The Labute approximate surface area is 126 Å². The predicted octanol–water partition coefficient (Wildman–Crippen LogP) is 1.11. The van der Waals surface area contributed by atoms with Crippen LogP contribution >= 0.6 is 0 Å². The summed E-state index contributed by atoms with van der Waals surface area (Å²) in [4.78, 5) is 0. The number of rotatable bonds is 4. The van der Waals surface area contributed by atoms with Gasteiger partial charge >= 0.3 is 0 Å². The molecule has 0 aromatic heterocycles. The van der Waals surface area contributed by atoms with Gasteiger partial charge in [0.15, 0.2) is 6.29 Å². The van der Waals surface area contributed by atoms with Crippen molar-refractivity contribution in [3.05, 3.63) is 0 Å². The highest BCUT2D eigenvalue weighted by molar-refractivity contribution is 7.89. The summed E-state index contributed by atoms with van der Waals surface area (Å²) in [5.41, 5.74) is 0. The van der Waals surface area contributed by atoms with Gasteiger partial charge in [0.25, 0.3) is 0 Å². The summed E-state index contributed by atoms with van der Waals surface area (Å²) in [6.07, 6.45) is 5.13. The summed E-state index contributed by atoms with van der Waals surface area (Å²) < 4.78 is 43.8. The van der Waals surface area contributed by atoms with Crippen LogP contribution in [0, 0.1) is 0 Å². The lowest BCUT2D eigenvalue weighted by Crippen LogP contribution is -2.52. The minimum absolute atomic E-state index is 0.0935. The Morgan fingerprint density at radius 3 is 2.38 bits per heavy atom. The second-order valence-corrected chi connectivity index (χ2v) is 8.02. The van der Waals surface area contributed by atoms with Gasteiger partial charge in [-0.2, -0.15) is 4.31 Å². The molecule has 3 fully saturated rings. The first-order chi connectivity index (χ1) is 10.2. The number of hydrogen-bond acceptors (Lipinski definition) is 5. The molecule has 0 amide bonds. The van der Waals surface area contributed by atoms with E-state index < -0.39 is 16.3 Å². The Hall–Kier alpha value is -0.210. The number of hydrogen-bond donors (Lipinski definition) is 0. The lowest BCUT2D eigenvalue weighted by Gasteiger charge is -2.37. The Balaban J connectivity index is 1.68. The quantitative estimate of drug-likeness (QED) is 0.777. The van der Waals surface area contributed by atoms with Gasteiger partial charge in [-0.3, -0.25) is 0 Å². The molecule has 21 heavy (non-hydrogen) atoms. The molecule has 2 unspecified atom stereocenters. The van der Waals surface area contributed by atoms with Gasteiger partial charge in [0.05, 0.1) is 31.1 Å². The molecule has 0 N–H and O–H groups in total. The van der Waals surface area contributed by atoms with Crippen molar-refractivity contribution < 1.29 is 22.6 Å². The molecule has 0 bridgehead atoms. The van der Waals surface area contributed by atoms with Crippen LogP contribution in [0.25, 0.3) is 0 Å². The summed E-state index contributed by atoms with van der Waals surface area (Å²) in [5, 5.41) is 0. The third-order valence-electron chi connectivity index (χ3n) is 4.49. The molecule has 122 valence electrons. The third kappa shape index (κ3) is 3.76. The van der Waals surface area contributed by atoms with Crippen molar-refractivity contribution in [1.29, 1.82) is 0 Å². The van der Waals surface area contributed by atoms with E-state index in [1.54, 1.807) is 4.31 Å². The first kappa shape index (κ1) is 15.7. The molecule has 0 saturated carbocycles. The molecule has 0 radical (unpaired) electrons. The summed E-state index contributed by atoms with van der Waals surface area (Å²) >= 11 is 0. The summed E-state index contributed by atoms with van der Waals surface area (Å²) in [6, 6.07) is -0.171. The lowest BCUT2D eigenvalue weighted by atomic mass is 10.0. The second kappa shape index (κ2) is 6.91. The van der Waals surface area contributed by atoms with Crippen molar-refractivity contribution >= 4 is 10.0 Å². The Bertz CT molecular complexity index is 429. The van der Waals surface area contributed by atoms with E-state index >= 15 is 0 Å². The minimum atomic E-state index is -3.32. The van der Waals surface area contributed by atoms with Crippen LogP contribution in [0.1, 0.15) is 38.5 Å². The van der Waals surface area contributed by atoms with E-state index in [-0.39, 0.29) is 17.9 Å². The fourth-order valence-electron chi connectivity index (χ4n) is 3.42. The van der Waals surface area contributed by atoms with Gasteiger partial charge in [0.1, 0.15) is 0 Å². The molecule has 3 rings (SSSR count). The van der Waals surface area contributed by atoms with Crippen molar-refractivity contribution in [2.75, 3.05) is 32.1 Å². The highest BCUT2D eigenvalue weighted by Crippen LogP contribution is 2.28. The number of nitrogens with zero attached hydrogens (tertiary/aromatic N) is 1. The van der Waals surface area contributed by atoms with Crippen LogP contribution in [0.5, 0.6) is 0 Å². The van der Waals surface area contributed by atoms with Gasteiger partial charge in [-0.15, -0.1) is 0 Å². The van der Waals surface area contributed by atoms with Crippen LogP contribution in [-0.2, 0) is 24.2 Å². The predicted molar refractivity (Wildman–Crippen MR) is 77.4 cm³/mol. The fourth-order valence-corrected chi connectivity index (χ4v) is 5.37. The lowest BCUT2D eigenvalue weighted by molar-refractivity contribution is -0.0915. The average Bonchev–Trinajstić information content (AvgIpc) is 3.02. The van der Waals surface area contributed by atoms with Crippen LogP contribution in [0.15, 0.2) is 0 Å². The largest absolute Gasteiger partial charge is 0.377 e. The average molecular weight is 319 g/mol. The summed E-state index contributed by atoms with van der Waals surface area (Å²) in [7, 11) is -3.32. The molecule has 3 aliphatic rings. The molecule has 0 aromatic carbocycles. The van der Waals surface area contributed by atoms with E-state index in [0.717, 1.165) is 38.5 Å². The van der Waals surface area contributed by atoms with E-state index in [9.17, 15) is 8.42 Å². The molecule has 3 aliphatic heterocycles. The molecule has 0 aromatic rings. The normalized spacial score (nSPS) is 33.3. The van der Waals surface area contributed by atoms with Gasteiger partial charge in [-0.1, -0.05) is 6.42 Å². The van der Waals surface area contributed by atoms with E-state index in [4.69, 9.17) is 14.2 Å². The molecular weight excluding hydrogens is 294 g/mol. The highest BCUT2D eigenvalue weighted by atomic mass is 32.2. The van der Waals surface area contributed by atoms with Gasteiger partial charge in [-0.25, -0.2) is 8.42 Å². The van der Waals surface area contributed by atoms with E-state index in [1.165, 1.54) is 0 Å². The molecule has 3 saturated heterocycles. The molecule has 2 atom stereocenters. The SMILES string of the molecule is O=S(=O)(CC1CCCCO1)N1CCCCC1C1OCCO1. The monoisotopic (exact) mass is 319 g/mol. The van der Waals surface area contributed by atoms with Gasteiger partial charge < -0.3 is 14.2 Å². The first-order valence-electron chi connectivity index (χ1n) is 8.01. The topological polar surface area (TPSA) is 65.1 Å². The molecule has 0 aliphatic carbocycles. The van der Waals surface area contributed by atoms with Gasteiger partial charge in [0.2, 0.25) is 10.0 Å². The second-order valence-electron chi connectivity index (χ2n) is 6.05. The van der Waals surface area contributed by atoms with E-state index in [2.05, 4.69) is 0 Å². The van der Waals surface area contributed by atoms with E-state index in [0.29, 0.717) is 26.4 Å². The van der Waals surface area contributed by atoms with Crippen LogP contribution in [0.4, 0.5) is 0 Å². The van der Waals surface area contributed by atoms with Gasteiger partial charge in [-0.05, 0) is 32.1 Å². The molecule has 3 heterocycles. The maximum atomic E-state index is 12.8. The standard InChI is InChI=1S/C14H25NO5S/c16-21(17,11-12-5-2-4-8-18-12)15-7-3-1-6-13(15)14-19-9-10-20-14/h12-14H,1-11H2. The Kier molecular flexibility index (Phi) is 5.16. The maximum absolute atomic E-state index is 12.8. The van der Waals surface area contributed by atoms with Crippen molar-refractivity contribution in [2.24, 2.45) is 0 Å². The van der Waals surface area contributed by atoms with Gasteiger partial charge in [0, 0.05) is 13.2 Å². The first-order valence-corrected chi connectivity index (χ1v) is 9.62. The fraction of sp³-hybridized carbons (Fsp3) is 1.00. The van der Waals surface area contributed by atoms with Crippen molar-refractivity contribution in [3.8, 4) is 0 Å². The minimum Gasteiger partial charge on any atom is -0.377 e. The molecule has 7 heteroatoms. The maximum Gasteiger partial charge on any atom is 0.217 e. The number of piperidine rings is 1. The van der Waals surface area contributed by atoms with Crippen LogP contribution in [-0.4, -0.2) is 63.3 Å². The van der Waals surface area contributed by atoms with Crippen molar-refractivity contribution in [2.45, 2.75) is 57.0 Å². The zero-order valence-electron chi connectivity index (χ0n) is 12.4. The van der Waals surface area contributed by atoms with Crippen molar-refractivity contribution in [3.63, 3.8) is 0 Å². The zero-order valence-corrected chi connectivity index (χ0v) is 13.2. The number of sulfonamides is 1. The highest BCUT2D eigenvalue weighted by Gasteiger charge is 2.40. The number of ether oxygens (including phenoxy) is 3. The van der Waals surface area contributed by atoms with Crippen molar-refractivity contribution in [1.82, 2.24) is 4.31 Å². The third-order valence-corrected chi connectivity index (χ3v) is 6.45. The molecule has 6 nitrogen and oxygen atoms in total. The zero-order chi connectivity index (χ0) is 14.7. The Morgan fingerprint density at radius 2 is 1.67 bits per heavy atom. The van der Waals surface area contributed by atoms with Crippen LogP contribution < -0.4 is 0 Å². The summed E-state index contributed by atoms with van der Waals surface area (Å²) in [5.74, 6) is 0.0935. The van der Waals surface area contributed by atoms with E-state index in [1.807, 2.05) is 0 Å². The van der Waals surface area contributed by atoms with Crippen LogP contribution in [0.2, 0.25) is 0 Å². The van der Waals surface area contributed by atoms with Crippen LogP contribution in [0.3, 0.4) is 0 Å².